The third kappa shape index (κ3) is 7.79. The highest BCUT2D eigenvalue weighted by atomic mass is 127. The van der Waals surface area contributed by atoms with Crippen molar-refractivity contribution in [3.05, 3.63) is 84.9 Å². The van der Waals surface area contributed by atoms with E-state index in [1.165, 1.54) is 6.21 Å². The molecule has 0 atom stereocenters. The summed E-state index contributed by atoms with van der Waals surface area (Å²) >= 11 is 5.46. The van der Waals surface area contributed by atoms with E-state index in [4.69, 9.17) is 9.47 Å². The number of rotatable bonds is 9. The number of aryl methyl sites for hydroxylation is 2. The Balaban J connectivity index is 1.66. The van der Waals surface area contributed by atoms with Gasteiger partial charge in [0, 0.05) is 15.7 Å². The van der Waals surface area contributed by atoms with E-state index >= 15 is 0 Å². The molecule has 0 saturated carbocycles. The van der Waals surface area contributed by atoms with Gasteiger partial charge in [-0.15, -0.1) is 0 Å². The molecule has 0 bridgehead atoms. The molecule has 0 aliphatic carbocycles. The minimum Gasteiger partial charge on any atom is -0.490 e. The van der Waals surface area contributed by atoms with Gasteiger partial charge in [-0.1, -0.05) is 33.6 Å². The van der Waals surface area contributed by atoms with Gasteiger partial charge in [-0.3, -0.25) is 9.59 Å². The molecule has 0 spiro atoms. The number of amides is 2. The van der Waals surface area contributed by atoms with E-state index in [0.717, 1.165) is 24.9 Å². The molecule has 2 amide bonds. The first-order valence-electron chi connectivity index (χ1n) is 10.8. The second-order valence-electron chi connectivity index (χ2n) is 7.62. The SMILES string of the molecule is CCOc1cc(/C=N/NC(=O)c2ccc(Br)cc2)cc(I)c1OCC(=O)Nc1ccc(C)cc1C. The van der Waals surface area contributed by atoms with Crippen LogP contribution in [0.3, 0.4) is 0 Å². The summed E-state index contributed by atoms with van der Waals surface area (Å²) < 4.78 is 13.2. The number of halogens is 2. The van der Waals surface area contributed by atoms with Crippen molar-refractivity contribution in [2.45, 2.75) is 20.8 Å². The molecule has 182 valence electrons. The second kappa shape index (κ2) is 12.7. The van der Waals surface area contributed by atoms with Gasteiger partial charge in [-0.05, 0) is 97.0 Å². The fourth-order valence-electron chi connectivity index (χ4n) is 3.17. The highest BCUT2D eigenvalue weighted by Crippen LogP contribution is 2.34. The van der Waals surface area contributed by atoms with Crippen molar-refractivity contribution in [2.75, 3.05) is 18.5 Å². The molecule has 0 unspecified atom stereocenters. The lowest BCUT2D eigenvalue weighted by molar-refractivity contribution is -0.118. The molecular weight excluding hydrogens is 625 g/mol. The Bertz CT molecular complexity index is 1250. The van der Waals surface area contributed by atoms with Crippen LogP contribution in [-0.2, 0) is 4.79 Å². The van der Waals surface area contributed by atoms with Crippen molar-refractivity contribution >= 4 is 62.2 Å². The fourth-order valence-corrected chi connectivity index (χ4v) is 4.22. The second-order valence-corrected chi connectivity index (χ2v) is 9.70. The average molecular weight is 650 g/mol. The lowest BCUT2D eigenvalue weighted by Crippen LogP contribution is -2.21. The van der Waals surface area contributed by atoms with Gasteiger partial charge < -0.3 is 14.8 Å². The summed E-state index contributed by atoms with van der Waals surface area (Å²) in [6.45, 7) is 6.07. The van der Waals surface area contributed by atoms with E-state index in [-0.39, 0.29) is 18.4 Å². The maximum Gasteiger partial charge on any atom is 0.271 e. The van der Waals surface area contributed by atoms with Crippen LogP contribution in [0.25, 0.3) is 0 Å². The van der Waals surface area contributed by atoms with Crippen molar-refractivity contribution in [1.82, 2.24) is 5.43 Å². The molecule has 0 fully saturated rings. The first-order chi connectivity index (χ1) is 16.8. The number of hydrogen-bond acceptors (Lipinski definition) is 5. The molecule has 3 rings (SSSR count). The van der Waals surface area contributed by atoms with E-state index in [2.05, 4.69) is 54.4 Å². The van der Waals surface area contributed by atoms with Crippen molar-refractivity contribution in [1.29, 1.82) is 0 Å². The van der Waals surface area contributed by atoms with Crippen LogP contribution in [0, 0.1) is 17.4 Å². The smallest absolute Gasteiger partial charge is 0.271 e. The zero-order valence-corrected chi connectivity index (χ0v) is 23.3. The Morgan fingerprint density at radius 2 is 1.80 bits per heavy atom. The van der Waals surface area contributed by atoms with E-state index in [9.17, 15) is 9.59 Å². The Morgan fingerprint density at radius 1 is 1.06 bits per heavy atom. The zero-order chi connectivity index (χ0) is 25.4. The molecule has 3 aromatic rings. The Morgan fingerprint density at radius 3 is 2.49 bits per heavy atom. The number of carbonyl (C=O) groups is 2. The minimum absolute atomic E-state index is 0.167. The van der Waals surface area contributed by atoms with Gasteiger partial charge in [0.25, 0.3) is 11.8 Å². The first-order valence-corrected chi connectivity index (χ1v) is 12.7. The van der Waals surface area contributed by atoms with Crippen molar-refractivity contribution in [2.24, 2.45) is 5.10 Å². The molecule has 0 radical (unpaired) electrons. The predicted octanol–water partition coefficient (Wildman–Crippen LogP) is 5.85. The number of carbonyl (C=O) groups excluding carboxylic acids is 2. The lowest BCUT2D eigenvalue weighted by Gasteiger charge is -2.15. The molecule has 2 N–H and O–H groups in total. The minimum atomic E-state index is -0.316. The molecule has 0 aromatic heterocycles. The van der Waals surface area contributed by atoms with Crippen LogP contribution in [0.1, 0.15) is 34.0 Å². The number of benzene rings is 3. The van der Waals surface area contributed by atoms with E-state index in [1.54, 1.807) is 30.3 Å². The number of hydrogen-bond donors (Lipinski definition) is 2. The third-order valence-corrected chi connectivity index (χ3v) is 6.15. The standard InChI is InChI=1S/C26H25BrIN3O4/c1-4-34-23-13-18(14-29-31-26(33)19-6-8-20(27)9-7-19)12-21(28)25(23)35-15-24(32)30-22-10-5-16(2)11-17(22)3/h5-14H,4,15H2,1-3H3,(H,30,32)(H,31,33)/b29-14+. The Kier molecular flexibility index (Phi) is 9.67. The first kappa shape index (κ1) is 26.7. The van der Waals surface area contributed by atoms with E-state index in [1.807, 2.05) is 45.0 Å². The number of nitrogens with one attached hydrogen (secondary N) is 2. The molecule has 3 aromatic carbocycles. The van der Waals surface area contributed by atoms with Crippen LogP contribution in [0.15, 0.2) is 64.2 Å². The molecule has 0 aliphatic rings. The summed E-state index contributed by atoms with van der Waals surface area (Å²) in [5.74, 6) is 0.374. The third-order valence-electron chi connectivity index (χ3n) is 4.82. The largest absolute Gasteiger partial charge is 0.490 e. The van der Waals surface area contributed by atoms with Gasteiger partial charge >= 0.3 is 0 Å². The summed E-state index contributed by atoms with van der Waals surface area (Å²) in [5, 5.41) is 6.92. The summed E-state index contributed by atoms with van der Waals surface area (Å²) in [6.07, 6.45) is 1.53. The van der Waals surface area contributed by atoms with Crippen molar-refractivity contribution in [3.63, 3.8) is 0 Å². The van der Waals surface area contributed by atoms with Gasteiger partial charge in [-0.2, -0.15) is 5.10 Å². The van der Waals surface area contributed by atoms with Crippen LogP contribution >= 0.6 is 38.5 Å². The number of hydrazone groups is 1. The van der Waals surface area contributed by atoms with Crippen LogP contribution in [0.4, 0.5) is 5.69 Å². The van der Waals surface area contributed by atoms with Gasteiger partial charge in [0.05, 0.1) is 16.4 Å². The highest BCUT2D eigenvalue weighted by Gasteiger charge is 2.14. The molecule has 0 aliphatic heterocycles. The van der Waals surface area contributed by atoms with Gasteiger partial charge in [-0.25, -0.2) is 5.43 Å². The van der Waals surface area contributed by atoms with Crippen LogP contribution in [-0.4, -0.2) is 31.2 Å². The Hall–Kier alpha value is -2.92. The summed E-state index contributed by atoms with van der Waals surface area (Å²) in [6, 6.07) is 16.4. The number of nitrogens with zero attached hydrogens (tertiary/aromatic N) is 1. The van der Waals surface area contributed by atoms with E-state index < -0.39 is 0 Å². The molecule has 0 saturated heterocycles. The van der Waals surface area contributed by atoms with Crippen LogP contribution < -0.4 is 20.2 Å². The van der Waals surface area contributed by atoms with Crippen LogP contribution in [0.5, 0.6) is 11.5 Å². The quantitative estimate of drug-likeness (QED) is 0.173. The molecule has 35 heavy (non-hydrogen) atoms. The van der Waals surface area contributed by atoms with E-state index in [0.29, 0.717) is 29.2 Å². The summed E-state index contributed by atoms with van der Waals surface area (Å²) in [4.78, 5) is 24.7. The van der Waals surface area contributed by atoms with Crippen molar-refractivity contribution in [3.8, 4) is 11.5 Å². The summed E-state index contributed by atoms with van der Waals surface area (Å²) in [5.41, 5.74) is 6.58. The highest BCUT2D eigenvalue weighted by molar-refractivity contribution is 14.1. The molecule has 7 nitrogen and oxygen atoms in total. The average Bonchev–Trinajstić information content (AvgIpc) is 2.81. The zero-order valence-electron chi connectivity index (χ0n) is 19.5. The topological polar surface area (TPSA) is 89.0 Å². The number of anilines is 1. The lowest BCUT2D eigenvalue weighted by atomic mass is 10.1. The van der Waals surface area contributed by atoms with Crippen LogP contribution in [0.2, 0.25) is 0 Å². The van der Waals surface area contributed by atoms with Gasteiger partial charge in [0.1, 0.15) is 0 Å². The van der Waals surface area contributed by atoms with Gasteiger partial charge in [0.2, 0.25) is 0 Å². The predicted molar refractivity (Wildman–Crippen MR) is 150 cm³/mol. The summed E-state index contributed by atoms with van der Waals surface area (Å²) in [7, 11) is 0. The molecule has 9 heteroatoms. The van der Waals surface area contributed by atoms with Crippen molar-refractivity contribution < 1.29 is 19.1 Å². The fraction of sp³-hybridized carbons (Fsp3) is 0.192. The Labute approximate surface area is 226 Å². The normalized spacial score (nSPS) is 10.8. The molecule has 0 heterocycles. The maximum atomic E-state index is 12.5. The monoisotopic (exact) mass is 649 g/mol. The maximum absolute atomic E-state index is 12.5. The number of ether oxygens (including phenoxy) is 2. The van der Waals surface area contributed by atoms with Gasteiger partial charge in [0.15, 0.2) is 18.1 Å². The molecular formula is C26H25BrIN3O4.